The van der Waals surface area contributed by atoms with E-state index in [4.69, 9.17) is 14.2 Å². The number of alkyl halides is 3. The average Bonchev–Trinajstić information content (AvgIpc) is 3.76. The fourth-order valence-corrected chi connectivity index (χ4v) is 6.59. The van der Waals surface area contributed by atoms with Crippen molar-refractivity contribution < 1.29 is 32.1 Å². The number of ether oxygens (including phenoxy) is 4. The van der Waals surface area contributed by atoms with E-state index in [0.29, 0.717) is 35.2 Å². The first-order chi connectivity index (χ1) is 24.5. The number of hydrogen-bond donors (Lipinski definition) is 1. The van der Waals surface area contributed by atoms with Gasteiger partial charge < -0.3 is 19.5 Å². The number of morpholine rings is 1. The lowest BCUT2D eigenvalue weighted by atomic mass is 9.89. The SMILES string of the molecule is C[C@@H]1CN([C@H]2CC[C@H](n3cc(Nc4ncc(-c5ccc(C#N)c(O[C@@H](C)Cn6cnnn6)c5)cn4)c(OCCOC(F)(F)F)n3)CC2)C[C@H](C)O1. The number of aromatic nitrogens is 8. The predicted octanol–water partition coefficient (Wildman–Crippen LogP) is 4.92. The molecule has 1 aromatic carbocycles. The van der Waals surface area contributed by atoms with E-state index in [0.717, 1.165) is 44.3 Å². The van der Waals surface area contributed by atoms with Crippen molar-refractivity contribution in [1.82, 2.24) is 44.9 Å². The molecule has 272 valence electrons. The molecule has 0 spiro atoms. The van der Waals surface area contributed by atoms with Gasteiger partial charge in [-0.2, -0.15) is 5.26 Å². The van der Waals surface area contributed by atoms with Gasteiger partial charge in [-0.25, -0.2) is 14.6 Å². The van der Waals surface area contributed by atoms with Gasteiger partial charge in [0.15, 0.2) is 0 Å². The zero-order chi connectivity index (χ0) is 36.0. The minimum Gasteiger partial charge on any atom is -0.487 e. The summed E-state index contributed by atoms with van der Waals surface area (Å²) < 4.78 is 62.6. The van der Waals surface area contributed by atoms with E-state index in [1.165, 1.54) is 11.0 Å². The number of halogens is 3. The summed E-state index contributed by atoms with van der Waals surface area (Å²) in [7, 11) is 0. The number of nitrogens with one attached hydrogen (secondary N) is 1. The van der Waals surface area contributed by atoms with Crippen LogP contribution in [0.5, 0.6) is 11.6 Å². The van der Waals surface area contributed by atoms with Gasteiger partial charge in [0.2, 0.25) is 5.95 Å². The minimum absolute atomic E-state index is 0.0909. The Labute approximate surface area is 292 Å². The number of tetrazole rings is 1. The van der Waals surface area contributed by atoms with Crippen molar-refractivity contribution in [2.75, 3.05) is 31.6 Å². The number of nitriles is 1. The molecule has 3 aromatic heterocycles. The highest BCUT2D eigenvalue weighted by molar-refractivity contribution is 5.67. The van der Waals surface area contributed by atoms with Crippen LogP contribution in [0.25, 0.3) is 11.1 Å². The van der Waals surface area contributed by atoms with Crippen LogP contribution in [0, 0.1) is 11.3 Å². The lowest BCUT2D eigenvalue weighted by molar-refractivity contribution is -0.325. The third kappa shape index (κ3) is 9.68. The van der Waals surface area contributed by atoms with Crippen molar-refractivity contribution in [2.45, 2.75) is 89.8 Å². The molecule has 1 aliphatic heterocycles. The fourth-order valence-electron chi connectivity index (χ4n) is 6.59. The Morgan fingerprint density at radius 1 is 1.04 bits per heavy atom. The van der Waals surface area contributed by atoms with E-state index in [9.17, 15) is 18.4 Å². The third-order valence-electron chi connectivity index (χ3n) is 8.79. The van der Waals surface area contributed by atoms with Gasteiger partial charge >= 0.3 is 6.36 Å². The van der Waals surface area contributed by atoms with E-state index in [1.54, 1.807) is 36.8 Å². The molecule has 4 heterocycles. The van der Waals surface area contributed by atoms with Crippen LogP contribution in [0.4, 0.5) is 24.8 Å². The van der Waals surface area contributed by atoms with E-state index in [-0.39, 0.29) is 42.8 Å². The molecular weight excluding hydrogens is 671 g/mol. The quantitative estimate of drug-likeness (QED) is 0.186. The van der Waals surface area contributed by atoms with Crippen molar-refractivity contribution in [2.24, 2.45) is 0 Å². The topological polar surface area (TPSA) is 163 Å². The van der Waals surface area contributed by atoms with Crippen molar-refractivity contribution in [3.8, 4) is 28.8 Å². The molecule has 51 heavy (non-hydrogen) atoms. The number of rotatable bonds is 13. The van der Waals surface area contributed by atoms with Gasteiger partial charge in [0, 0.05) is 37.1 Å². The Kier molecular flexibility index (Phi) is 11.3. The highest BCUT2D eigenvalue weighted by atomic mass is 19.4. The molecule has 18 heteroatoms. The number of hydrogen-bond acceptors (Lipinski definition) is 13. The molecule has 1 aliphatic carbocycles. The van der Waals surface area contributed by atoms with Crippen LogP contribution < -0.4 is 14.8 Å². The molecule has 4 aromatic rings. The van der Waals surface area contributed by atoms with Gasteiger partial charge in [0.1, 0.15) is 36.5 Å². The highest BCUT2D eigenvalue weighted by Gasteiger charge is 2.32. The summed E-state index contributed by atoms with van der Waals surface area (Å²) in [5.74, 6) is 0.745. The lowest BCUT2D eigenvalue weighted by Gasteiger charge is -2.42. The number of benzene rings is 1. The molecule has 0 unspecified atom stereocenters. The molecule has 1 N–H and O–H groups in total. The standard InChI is InChI=1S/C33H40F3N11O4/c1-21-16-45(17-22(2)50-21)27-6-8-28(9-7-27)47-19-29(31(42-47)48-10-11-49-33(34,35)36)41-32-38-14-26(15-39-32)24-4-5-25(13-37)30(12-24)51-23(3)18-46-20-40-43-44-46/h4-5,12,14-15,19-23,27-28H,6-11,16-18H2,1-3H3,(H,38,39,41)/t21-,22+,23-,27-,28-/m0/s1. The van der Waals surface area contributed by atoms with Gasteiger partial charge in [0.05, 0.1) is 43.2 Å². The third-order valence-corrected chi connectivity index (χ3v) is 8.79. The van der Waals surface area contributed by atoms with E-state index < -0.39 is 13.0 Å². The lowest BCUT2D eigenvalue weighted by Crippen LogP contribution is -2.51. The molecule has 0 amide bonds. The summed E-state index contributed by atoms with van der Waals surface area (Å²) in [6, 6.07) is 7.88. The molecule has 3 atom stereocenters. The molecule has 0 radical (unpaired) electrons. The second-order valence-corrected chi connectivity index (χ2v) is 12.8. The zero-order valence-corrected chi connectivity index (χ0v) is 28.5. The van der Waals surface area contributed by atoms with Crippen LogP contribution in [0.15, 0.2) is 43.1 Å². The van der Waals surface area contributed by atoms with Gasteiger partial charge in [0.25, 0.3) is 5.88 Å². The van der Waals surface area contributed by atoms with Crippen LogP contribution in [0.2, 0.25) is 0 Å². The molecule has 1 saturated heterocycles. The molecule has 0 bridgehead atoms. The minimum atomic E-state index is -4.76. The Bertz CT molecular complexity index is 1750. The van der Waals surface area contributed by atoms with Crippen molar-refractivity contribution in [3.05, 3.63) is 48.7 Å². The van der Waals surface area contributed by atoms with E-state index >= 15 is 0 Å². The summed E-state index contributed by atoms with van der Waals surface area (Å²) >= 11 is 0. The molecule has 1 saturated carbocycles. The van der Waals surface area contributed by atoms with Gasteiger partial charge in [-0.05, 0) is 74.6 Å². The second kappa shape index (κ2) is 16.0. The molecule has 15 nitrogen and oxygen atoms in total. The Morgan fingerprint density at radius 3 is 2.43 bits per heavy atom. The summed E-state index contributed by atoms with van der Waals surface area (Å²) in [6.45, 7) is 7.22. The first-order valence-corrected chi connectivity index (χ1v) is 16.9. The van der Waals surface area contributed by atoms with Crippen molar-refractivity contribution in [3.63, 3.8) is 0 Å². The maximum absolute atomic E-state index is 12.6. The number of anilines is 2. The van der Waals surface area contributed by atoms with E-state index in [1.807, 2.05) is 11.6 Å². The smallest absolute Gasteiger partial charge is 0.487 e. The largest absolute Gasteiger partial charge is 0.522 e. The van der Waals surface area contributed by atoms with Gasteiger partial charge in [-0.1, -0.05) is 6.07 Å². The first kappa shape index (κ1) is 35.9. The summed E-state index contributed by atoms with van der Waals surface area (Å²) in [5.41, 5.74) is 2.17. The molecule has 2 aliphatic rings. The van der Waals surface area contributed by atoms with Crippen molar-refractivity contribution >= 4 is 11.6 Å². The monoisotopic (exact) mass is 711 g/mol. The normalized spacial score (nSPS) is 21.9. The van der Waals surface area contributed by atoms with Crippen LogP contribution in [0.1, 0.15) is 58.1 Å². The van der Waals surface area contributed by atoms with Crippen molar-refractivity contribution in [1.29, 1.82) is 5.26 Å². The van der Waals surface area contributed by atoms with Crippen LogP contribution in [0.3, 0.4) is 0 Å². The second-order valence-electron chi connectivity index (χ2n) is 12.8. The molecule has 2 fully saturated rings. The maximum Gasteiger partial charge on any atom is 0.522 e. The van der Waals surface area contributed by atoms with Gasteiger partial charge in [-0.15, -0.1) is 23.4 Å². The summed E-state index contributed by atoms with van der Waals surface area (Å²) in [4.78, 5) is 11.4. The Morgan fingerprint density at radius 2 is 1.76 bits per heavy atom. The first-order valence-electron chi connectivity index (χ1n) is 16.9. The Balaban J connectivity index is 1.13. The highest BCUT2D eigenvalue weighted by Crippen LogP contribution is 2.35. The Hall–Kier alpha value is -4.86. The predicted molar refractivity (Wildman–Crippen MR) is 176 cm³/mol. The van der Waals surface area contributed by atoms with Crippen LogP contribution in [-0.4, -0.2) is 102 Å². The van der Waals surface area contributed by atoms with Gasteiger partial charge in [-0.3, -0.25) is 14.3 Å². The zero-order valence-electron chi connectivity index (χ0n) is 28.5. The number of nitrogens with zero attached hydrogens (tertiary/aromatic N) is 10. The van der Waals surface area contributed by atoms with Crippen LogP contribution >= 0.6 is 0 Å². The van der Waals surface area contributed by atoms with E-state index in [2.05, 4.69) is 65.5 Å². The van der Waals surface area contributed by atoms with Crippen LogP contribution in [-0.2, 0) is 16.0 Å². The summed E-state index contributed by atoms with van der Waals surface area (Å²) in [5, 5.41) is 28.5. The summed E-state index contributed by atoms with van der Waals surface area (Å²) in [6.07, 6.45) is 5.56. The fraction of sp³-hybridized carbons (Fsp3) is 0.545. The maximum atomic E-state index is 12.6. The molecule has 6 rings (SSSR count). The average molecular weight is 712 g/mol. The molecular formula is C33H40F3N11O4.